The highest BCUT2D eigenvalue weighted by atomic mass is 16.4. The minimum Gasteiger partial charge on any atom is -0.481 e. The molecule has 88 valence electrons. The van der Waals surface area contributed by atoms with Crippen molar-refractivity contribution in [3.63, 3.8) is 0 Å². The zero-order valence-electron chi connectivity index (χ0n) is 9.19. The SMILES string of the molecule is C=C(C)CNC(=O)NC1C=CC(C(=O)O)C1. The second kappa shape index (κ2) is 5.34. The van der Waals surface area contributed by atoms with Crippen LogP contribution in [-0.2, 0) is 4.79 Å². The van der Waals surface area contributed by atoms with Crippen LogP contribution in [0.2, 0.25) is 0 Å². The summed E-state index contributed by atoms with van der Waals surface area (Å²) in [6.07, 6.45) is 3.72. The Balaban J connectivity index is 2.29. The fourth-order valence-corrected chi connectivity index (χ4v) is 1.44. The molecule has 5 nitrogen and oxygen atoms in total. The van der Waals surface area contributed by atoms with Gasteiger partial charge in [-0.25, -0.2) is 4.79 Å². The molecule has 0 aromatic carbocycles. The minimum atomic E-state index is -0.858. The predicted octanol–water partition coefficient (Wildman–Crippen LogP) is 0.891. The van der Waals surface area contributed by atoms with Crippen LogP contribution in [0.5, 0.6) is 0 Å². The molecule has 0 aliphatic heterocycles. The van der Waals surface area contributed by atoms with Gasteiger partial charge in [-0.15, -0.1) is 0 Å². The average molecular weight is 224 g/mol. The number of urea groups is 1. The summed E-state index contributed by atoms with van der Waals surface area (Å²) in [7, 11) is 0. The summed E-state index contributed by atoms with van der Waals surface area (Å²) in [4.78, 5) is 22.0. The highest BCUT2D eigenvalue weighted by Gasteiger charge is 2.25. The van der Waals surface area contributed by atoms with Crippen LogP contribution in [0.4, 0.5) is 4.79 Å². The Bertz CT molecular complexity index is 336. The maximum Gasteiger partial charge on any atom is 0.315 e. The van der Waals surface area contributed by atoms with Crippen LogP contribution in [0, 0.1) is 5.92 Å². The molecular weight excluding hydrogens is 208 g/mol. The summed E-state index contributed by atoms with van der Waals surface area (Å²) in [5.41, 5.74) is 0.862. The summed E-state index contributed by atoms with van der Waals surface area (Å²) in [6.45, 7) is 5.90. The fourth-order valence-electron chi connectivity index (χ4n) is 1.44. The van der Waals surface area contributed by atoms with Gasteiger partial charge in [-0.3, -0.25) is 4.79 Å². The first kappa shape index (κ1) is 12.3. The Morgan fingerprint density at radius 2 is 2.19 bits per heavy atom. The lowest BCUT2D eigenvalue weighted by molar-refractivity contribution is -0.140. The number of carbonyl (C=O) groups excluding carboxylic acids is 1. The molecule has 5 heteroatoms. The molecule has 0 fully saturated rings. The third-order valence-corrected chi connectivity index (χ3v) is 2.27. The quantitative estimate of drug-likeness (QED) is 0.620. The van der Waals surface area contributed by atoms with E-state index in [9.17, 15) is 9.59 Å². The molecule has 0 aromatic rings. The molecule has 0 heterocycles. The second-order valence-corrected chi connectivity index (χ2v) is 3.96. The van der Waals surface area contributed by atoms with Crippen LogP contribution >= 0.6 is 0 Å². The van der Waals surface area contributed by atoms with E-state index >= 15 is 0 Å². The van der Waals surface area contributed by atoms with Gasteiger partial charge in [0.25, 0.3) is 0 Å². The molecule has 1 aliphatic carbocycles. The second-order valence-electron chi connectivity index (χ2n) is 3.96. The Kier molecular flexibility index (Phi) is 4.10. The summed E-state index contributed by atoms with van der Waals surface area (Å²) >= 11 is 0. The fraction of sp³-hybridized carbons (Fsp3) is 0.455. The van der Waals surface area contributed by atoms with E-state index in [0.717, 1.165) is 5.57 Å². The van der Waals surface area contributed by atoms with Gasteiger partial charge in [0.2, 0.25) is 0 Å². The van der Waals surface area contributed by atoms with Gasteiger partial charge in [0.1, 0.15) is 0 Å². The van der Waals surface area contributed by atoms with Gasteiger partial charge < -0.3 is 15.7 Å². The maximum absolute atomic E-state index is 11.3. The number of hydrogen-bond acceptors (Lipinski definition) is 2. The van der Waals surface area contributed by atoms with Gasteiger partial charge in [-0.05, 0) is 13.3 Å². The number of amides is 2. The molecule has 16 heavy (non-hydrogen) atoms. The summed E-state index contributed by atoms with van der Waals surface area (Å²) in [6, 6.07) is -0.505. The van der Waals surface area contributed by atoms with Crippen LogP contribution in [-0.4, -0.2) is 29.7 Å². The molecule has 0 radical (unpaired) electrons. The van der Waals surface area contributed by atoms with E-state index in [0.29, 0.717) is 13.0 Å². The summed E-state index contributed by atoms with van der Waals surface area (Å²) < 4.78 is 0. The van der Waals surface area contributed by atoms with Crippen molar-refractivity contribution in [3.05, 3.63) is 24.3 Å². The third kappa shape index (κ3) is 3.76. The molecule has 0 saturated heterocycles. The van der Waals surface area contributed by atoms with Crippen molar-refractivity contribution < 1.29 is 14.7 Å². The molecule has 2 unspecified atom stereocenters. The van der Waals surface area contributed by atoms with E-state index in [1.807, 2.05) is 6.92 Å². The number of carboxylic acids is 1. The smallest absolute Gasteiger partial charge is 0.315 e. The monoisotopic (exact) mass is 224 g/mol. The normalized spacial score (nSPS) is 22.8. The topological polar surface area (TPSA) is 78.4 Å². The minimum absolute atomic E-state index is 0.203. The van der Waals surface area contributed by atoms with E-state index in [4.69, 9.17) is 5.11 Å². The Hall–Kier alpha value is -1.78. The molecule has 1 aliphatic rings. The average Bonchev–Trinajstić information content (AvgIpc) is 2.63. The zero-order valence-corrected chi connectivity index (χ0v) is 9.19. The first-order valence-corrected chi connectivity index (χ1v) is 5.09. The number of hydrogen-bond donors (Lipinski definition) is 3. The summed E-state index contributed by atoms with van der Waals surface area (Å²) in [5.74, 6) is -1.35. The predicted molar refractivity (Wildman–Crippen MR) is 60.0 cm³/mol. The maximum atomic E-state index is 11.3. The highest BCUT2D eigenvalue weighted by molar-refractivity contribution is 5.76. The van der Waals surface area contributed by atoms with Gasteiger partial charge in [0, 0.05) is 6.54 Å². The van der Waals surface area contributed by atoms with Crippen molar-refractivity contribution >= 4 is 12.0 Å². The molecule has 1 rings (SSSR count). The van der Waals surface area contributed by atoms with Gasteiger partial charge in [-0.2, -0.15) is 0 Å². The van der Waals surface area contributed by atoms with E-state index in [1.54, 1.807) is 12.2 Å². The lowest BCUT2D eigenvalue weighted by Crippen LogP contribution is -2.41. The van der Waals surface area contributed by atoms with Crippen molar-refractivity contribution in [1.29, 1.82) is 0 Å². The number of nitrogens with one attached hydrogen (secondary N) is 2. The first-order valence-electron chi connectivity index (χ1n) is 5.09. The number of carboxylic acid groups (broad SMARTS) is 1. The van der Waals surface area contributed by atoms with Gasteiger partial charge in [-0.1, -0.05) is 24.3 Å². The molecule has 0 aromatic heterocycles. The largest absolute Gasteiger partial charge is 0.481 e. The van der Waals surface area contributed by atoms with Crippen LogP contribution in [0.25, 0.3) is 0 Å². The van der Waals surface area contributed by atoms with Crippen LogP contribution in [0.15, 0.2) is 24.3 Å². The molecule has 2 atom stereocenters. The van der Waals surface area contributed by atoms with Gasteiger partial charge in [0.15, 0.2) is 0 Å². The summed E-state index contributed by atoms with van der Waals surface area (Å²) in [5, 5.41) is 14.1. The van der Waals surface area contributed by atoms with Gasteiger partial charge in [0.05, 0.1) is 12.0 Å². The van der Waals surface area contributed by atoms with Crippen LogP contribution < -0.4 is 10.6 Å². The third-order valence-electron chi connectivity index (χ3n) is 2.27. The molecule has 0 saturated carbocycles. The van der Waals surface area contributed by atoms with Crippen LogP contribution in [0.3, 0.4) is 0 Å². The van der Waals surface area contributed by atoms with Crippen molar-refractivity contribution in [2.45, 2.75) is 19.4 Å². The lowest BCUT2D eigenvalue weighted by Gasteiger charge is -2.12. The molecule has 3 N–H and O–H groups in total. The van der Waals surface area contributed by atoms with Crippen molar-refractivity contribution in [1.82, 2.24) is 10.6 Å². The standard InChI is InChI=1S/C11H16N2O3/c1-7(2)6-12-11(16)13-9-4-3-8(5-9)10(14)15/h3-4,8-9H,1,5-6H2,2H3,(H,14,15)(H2,12,13,16). The number of rotatable bonds is 4. The number of aliphatic carboxylic acids is 1. The molecular formula is C11H16N2O3. The van der Waals surface area contributed by atoms with E-state index in [2.05, 4.69) is 17.2 Å². The van der Waals surface area contributed by atoms with E-state index in [1.165, 1.54) is 0 Å². The lowest BCUT2D eigenvalue weighted by atomic mass is 10.1. The Morgan fingerprint density at radius 3 is 2.69 bits per heavy atom. The first-order chi connectivity index (χ1) is 7.49. The molecule has 0 spiro atoms. The number of carbonyl (C=O) groups is 2. The van der Waals surface area contributed by atoms with E-state index in [-0.39, 0.29) is 12.1 Å². The Labute approximate surface area is 94.2 Å². The molecule has 2 amide bonds. The Morgan fingerprint density at radius 1 is 1.50 bits per heavy atom. The zero-order chi connectivity index (χ0) is 12.1. The van der Waals surface area contributed by atoms with Crippen molar-refractivity contribution in [3.8, 4) is 0 Å². The van der Waals surface area contributed by atoms with Crippen molar-refractivity contribution in [2.24, 2.45) is 5.92 Å². The molecule has 0 bridgehead atoms. The van der Waals surface area contributed by atoms with Crippen molar-refractivity contribution in [2.75, 3.05) is 6.54 Å². The van der Waals surface area contributed by atoms with Crippen LogP contribution in [0.1, 0.15) is 13.3 Å². The van der Waals surface area contributed by atoms with Gasteiger partial charge >= 0.3 is 12.0 Å². The highest BCUT2D eigenvalue weighted by Crippen LogP contribution is 2.17. The van der Waals surface area contributed by atoms with E-state index < -0.39 is 11.9 Å².